The molecule has 0 aliphatic carbocycles. The van der Waals surface area contributed by atoms with Crippen LogP contribution in [0.5, 0.6) is 0 Å². The van der Waals surface area contributed by atoms with Gasteiger partial charge in [0.15, 0.2) is 5.82 Å². The van der Waals surface area contributed by atoms with E-state index >= 15 is 0 Å². The lowest BCUT2D eigenvalue weighted by Gasteiger charge is -1.98. The maximum Gasteiger partial charge on any atom is 0.225 e. The summed E-state index contributed by atoms with van der Waals surface area (Å²) in [7, 11) is 0. The van der Waals surface area contributed by atoms with Gasteiger partial charge in [0, 0.05) is 12.4 Å². The Morgan fingerprint density at radius 2 is 2.23 bits per heavy atom. The Morgan fingerprint density at radius 3 is 2.77 bits per heavy atom. The zero-order valence-electron chi connectivity index (χ0n) is 7.05. The molecule has 13 heavy (non-hydrogen) atoms. The molecule has 0 radical (unpaired) electrons. The van der Waals surface area contributed by atoms with Crippen LogP contribution in [0.25, 0.3) is 5.82 Å². The van der Waals surface area contributed by atoms with Gasteiger partial charge in [0.2, 0.25) is 5.95 Å². The molecule has 0 aromatic carbocycles. The SMILES string of the molecule is Cc1nc(N)n(-c2cnccn2)n1. The zero-order valence-corrected chi connectivity index (χ0v) is 7.05. The van der Waals surface area contributed by atoms with Crippen molar-refractivity contribution in [3.05, 3.63) is 24.4 Å². The van der Waals surface area contributed by atoms with Gasteiger partial charge in [-0.3, -0.25) is 4.98 Å². The Morgan fingerprint density at radius 1 is 1.38 bits per heavy atom. The Balaban J connectivity index is 2.53. The molecule has 6 nitrogen and oxygen atoms in total. The fraction of sp³-hybridized carbons (Fsp3) is 0.143. The van der Waals surface area contributed by atoms with Gasteiger partial charge < -0.3 is 5.73 Å². The van der Waals surface area contributed by atoms with Gasteiger partial charge in [-0.1, -0.05) is 0 Å². The van der Waals surface area contributed by atoms with E-state index in [1.165, 1.54) is 4.68 Å². The van der Waals surface area contributed by atoms with Gasteiger partial charge in [0.25, 0.3) is 0 Å². The summed E-state index contributed by atoms with van der Waals surface area (Å²) in [6.45, 7) is 1.77. The fourth-order valence-corrected chi connectivity index (χ4v) is 1.00. The van der Waals surface area contributed by atoms with E-state index in [1.54, 1.807) is 25.5 Å². The average molecular weight is 176 g/mol. The van der Waals surface area contributed by atoms with Crippen LogP contribution in [0.4, 0.5) is 5.95 Å². The van der Waals surface area contributed by atoms with E-state index in [0.29, 0.717) is 17.6 Å². The summed E-state index contributed by atoms with van der Waals surface area (Å²) in [5, 5.41) is 4.06. The summed E-state index contributed by atoms with van der Waals surface area (Å²) < 4.78 is 1.45. The van der Waals surface area contributed by atoms with Crippen molar-refractivity contribution in [2.45, 2.75) is 6.92 Å². The first-order valence-electron chi connectivity index (χ1n) is 3.73. The molecular weight excluding hydrogens is 168 g/mol. The van der Waals surface area contributed by atoms with Crippen molar-refractivity contribution in [1.82, 2.24) is 24.7 Å². The first kappa shape index (κ1) is 7.66. The van der Waals surface area contributed by atoms with Crippen LogP contribution in [0.3, 0.4) is 0 Å². The first-order chi connectivity index (χ1) is 6.27. The number of rotatable bonds is 1. The minimum atomic E-state index is 0.318. The predicted molar refractivity (Wildman–Crippen MR) is 46.1 cm³/mol. The third-order valence-corrected chi connectivity index (χ3v) is 1.50. The van der Waals surface area contributed by atoms with Crippen LogP contribution in [-0.2, 0) is 0 Å². The van der Waals surface area contributed by atoms with Crippen LogP contribution in [0, 0.1) is 6.92 Å². The van der Waals surface area contributed by atoms with Crippen molar-refractivity contribution >= 4 is 5.95 Å². The van der Waals surface area contributed by atoms with Crippen LogP contribution in [0.2, 0.25) is 0 Å². The molecule has 0 amide bonds. The molecular formula is C7H8N6. The second-order valence-corrected chi connectivity index (χ2v) is 2.49. The highest BCUT2D eigenvalue weighted by atomic mass is 15.4. The summed E-state index contributed by atoms with van der Waals surface area (Å²) in [5.41, 5.74) is 5.59. The lowest BCUT2D eigenvalue weighted by Crippen LogP contribution is -2.04. The molecule has 6 heteroatoms. The summed E-state index contributed by atoms with van der Waals surface area (Å²) in [6, 6.07) is 0. The Bertz CT molecular complexity index is 406. The molecule has 0 bridgehead atoms. The highest BCUT2D eigenvalue weighted by molar-refractivity contribution is 5.28. The van der Waals surface area contributed by atoms with E-state index in [4.69, 9.17) is 5.73 Å². The number of nitrogens with two attached hydrogens (primary N) is 1. The van der Waals surface area contributed by atoms with E-state index in [0.717, 1.165) is 0 Å². The number of anilines is 1. The fourth-order valence-electron chi connectivity index (χ4n) is 1.00. The van der Waals surface area contributed by atoms with Crippen molar-refractivity contribution in [2.24, 2.45) is 0 Å². The molecule has 2 heterocycles. The number of hydrogen-bond acceptors (Lipinski definition) is 5. The minimum Gasteiger partial charge on any atom is -0.368 e. The first-order valence-corrected chi connectivity index (χ1v) is 3.73. The molecule has 0 saturated carbocycles. The Kier molecular flexibility index (Phi) is 1.66. The van der Waals surface area contributed by atoms with E-state index < -0.39 is 0 Å². The molecule has 0 spiro atoms. The number of aromatic nitrogens is 5. The largest absolute Gasteiger partial charge is 0.368 e. The van der Waals surface area contributed by atoms with Gasteiger partial charge in [-0.25, -0.2) is 4.98 Å². The van der Waals surface area contributed by atoms with Gasteiger partial charge in [0.05, 0.1) is 6.20 Å². The normalized spacial score (nSPS) is 10.2. The topological polar surface area (TPSA) is 82.5 Å². The molecule has 2 N–H and O–H groups in total. The van der Waals surface area contributed by atoms with E-state index in [1.807, 2.05) is 0 Å². The standard InChI is InChI=1S/C7H8N6/c1-5-11-7(8)13(12-5)6-4-9-2-3-10-6/h2-4H,1H3,(H2,8,11,12). The predicted octanol–water partition coefficient (Wildman–Crippen LogP) is -0.0521. The van der Waals surface area contributed by atoms with E-state index in [9.17, 15) is 0 Å². The number of aryl methyl sites for hydroxylation is 1. The molecule has 2 aromatic heterocycles. The Labute approximate surface area is 74.5 Å². The van der Waals surface area contributed by atoms with E-state index in [2.05, 4.69) is 20.1 Å². The number of nitrogen functional groups attached to an aromatic ring is 1. The molecule has 0 aliphatic heterocycles. The van der Waals surface area contributed by atoms with Crippen molar-refractivity contribution in [3.8, 4) is 5.82 Å². The van der Waals surface area contributed by atoms with Gasteiger partial charge >= 0.3 is 0 Å². The van der Waals surface area contributed by atoms with Crippen LogP contribution >= 0.6 is 0 Å². The summed E-state index contributed by atoms with van der Waals surface area (Å²) in [6.07, 6.45) is 4.74. The highest BCUT2D eigenvalue weighted by Crippen LogP contribution is 2.05. The maximum atomic E-state index is 5.59. The molecule has 0 saturated heterocycles. The summed E-state index contributed by atoms with van der Waals surface area (Å²) in [4.78, 5) is 11.9. The molecule has 0 atom stereocenters. The van der Waals surface area contributed by atoms with E-state index in [-0.39, 0.29) is 0 Å². The van der Waals surface area contributed by atoms with Gasteiger partial charge in [0.1, 0.15) is 5.82 Å². The van der Waals surface area contributed by atoms with Crippen molar-refractivity contribution < 1.29 is 0 Å². The molecule has 0 unspecified atom stereocenters. The zero-order chi connectivity index (χ0) is 9.26. The molecule has 0 fully saturated rings. The molecule has 66 valence electrons. The number of hydrogen-bond donors (Lipinski definition) is 1. The Hall–Kier alpha value is -1.98. The second kappa shape index (κ2) is 2.81. The third-order valence-electron chi connectivity index (χ3n) is 1.50. The van der Waals surface area contributed by atoms with Gasteiger partial charge in [-0.05, 0) is 6.92 Å². The lowest BCUT2D eigenvalue weighted by atomic mass is 10.6. The van der Waals surface area contributed by atoms with Gasteiger partial charge in [-0.2, -0.15) is 9.67 Å². The monoisotopic (exact) mass is 176 g/mol. The quantitative estimate of drug-likeness (QED) is 0.658. The van der Waals surface area contributed by atoms with Crippen molar-refractivity contribution in [2.75, 3.05) is 5.73 Å². The average Bonchev–Trinajstić information content (AvgIpc) is 2.47. The van der Waals surface area contributed by atoms with Crippen LogP contribution in [0.1, 0.15) is 5.82 Å². The third kappa shape index (κ3) is 1.33. The smallest absolute Gasteiger partial charge is 0.225 e. The summed E-state index contributed by atoms with van der Waals surface area (Å²) >= 11 is 0. The maximum absolute atomic E-state index is 5.59. The van der Waals surface area contributed by atoms with Gasteiger partial charge in [-0.15, -0.1) is 5.10 Å². The summed E-state index contributed by atoms with van der Waals surface area (Å²) in [5.74, 6) is 1.50. The second-order valence-electron chi connectivity index (χ2n) is 2.49. The van der Waals surface area contributed by atoms with Crippen molar-refractivity contribution in [3.63, 3.8) is 0 Å². The van der Waals surface area contributed by atoms with Crippen LogP contribution in [-0.4, -0.2) is 24.7 Å². The minimum absolute atomic E-state index is 0.318. The van der Waals surface area contributed by atoms with Crippen LogP contribution in [0.15, 0.2) is 18.6 Å². The number of nitrogens with zero attached hydrogens (tertiary/aromatic N) is 5. The lowest BCUT2D eigenvalue weighted by molar-refractivity contribution is 0.833. The van der Waals surface area contributed by atoms with Crippen molar-refractivity contribution in [1.29, 1.82) is 0 Å². The van der Waals surface area contributed by atoms with Crippen LogP contribution < -0.4 is 5.73 Å². The molecule has 2 aromatic rings. The highest BCUT2D eigenvalue weighted by Gasteiger charge is 2.05. The molecule has 2 rings (SSSR count). The molecule has 0 aliphatic rings.